The summed E-state index contributed by atoms with van der Waals surface area (Å²) in [5.74, 6) is 0.568. The molecule has 0 atom stereocenters. The van der Waals surface area contributed by atoms with E-state index in [1.165, 1.54) is 0 Å². The molecule has 1 aliphatic rings. The maximum atomic E-state index is 12.8. The number of Topliss-reactive ketones (excluding diaryl/α,β-unsaturated/α-hetero) is 2. The average molecular weight is 374 g/mol. The molecule has 0 amide bonds. The fourth-order valence-corrected chi connectivity index (χ4v) is 2.95. The Bertz CT molecular complexity index is 866. The van der Waals surface area contributed by atoms with E-state index in [2.05, 4.69) is 0 Å². The number of ketones is 2. The lowest BCUT2D eigenvalue weighted by molar-refractivity contribution is -0.132. The lowest BCUT2D eigenvalue weighted by Crippen LogP contribution is -2.19. The van der Waals surface area contributed by atoms with Gasteiger partial charge in [-0.15, -0.1) is 0 Å². The van der Waals surface area contributed by atoms with E-state index in [-0.39, 0.29) is 0 Å². The molecule has 0 aromatic heterocycles. The Morgan fingerprint density at radius 2 is 1.00 bits per heavy atom. The largest absolute Gasteiger partial charge is 0.497 e. The Labute approximate surface area is 164 Å². The van der Waals surface area contributed by atoms with Crippen molar-refractivity contribution in [2.45, 2.75) is 12.8 Å². The van der Waals surface area contributed by atoms with E-state index in [0.717, 1.165) is 22.6 Å². The van der Waals surface area contributed by atoms with Gasteiger partial charge in [0.15, 0.2) is 0 Å². The van der Waals surface area contributed by atoms with Gasteiger partial charge in [0.25, 0.3) is 0 Å². The van der Waals surface area contributed by atoms with E-state index in [0.29, 0.717) is 24.0 Å². The van der Waals surface area contributed by atoms with Crippen molar-refractivity contribution in [3.05, 3.63) is 83.0 Å². The van der Waals surface area contributed by atoms with Crippen molar-refractivity contribution >= 4 is 23.7 Å². The third-order valence-corrected chi connectivity index (χ3v) is 4.55. The number of carbonyl (C=O) groups excluding carboxylic acids is 2. The van der Waals surface area contributed by atoms with Crippen LogP contribution >= 0.6 is 0 Å². The molecule has 1 aliphatic carbocycles. The van der Waals surface area contributed by atoms with Crippen LogP contribution in [0.1, 0.15) is 24.0 Å². The number of hydrogen-bond acceptors (Lipinski definition) is 4. The van der Waals surface area contributed by atoms with Crippen LogP contribution in [-0.4, -0.2) is 25.8 Å². The zero-order chi connectivity index (χ0) is 19.9. The summed E-state index contributed by atoms with van der Waals surface area (Å²) < 4.78 is 10.3. The van der Waals surface area contributed by atoms with Gasteiger partial charge in [-0.2, -0.15) is 0 Å². The molecule has 0 spiro atoms. The van der Waals surface area contributed by atoms with Gasteiger partial charge < -0.3 is 9.47 Å². The molecule has 0 bridgehead atoms. The molecule has 4 nitrogen and oxygen atoms in total. The number of allylic oxidation sites excluding steroid dienone is 4. The normalized spacial score (nSPS) is 17.5. The van der Waals surface area contributed by atoms with Crippen LogP contribution in [0.5, 0.6) is 11.5 Å². The Kier molecular flexibility index (Phi) is 6.22. The standard InChI is InChI=1S/C24H22O4/c1-27-21-11-7-17(8-12-21)15-19-5-3-4-6-20(24(26)23(19)25)16-18-9-13-22(28-2)14-10-18/h3-4,7-16H,5-6H2,1-2H3. The van der Waals surface area contributed by atoms with E-state index in [9.17, 15) is 9.59 Å². The highest BCUT2D eigenvalue weighted by molar-refractivity contribution is 6.50. The van der Waals surface area contributed by atoms with Crippen LogP contribution in [0.15, 0.2) is 71.8 Å². The van der Waals surface area contributed by atoms with Crippen molar-refractivity contribution in [3.63, 3.8) is 0 Å². The Balaban J connectivity index is 1.87. The summed E-state index contributed by atoms with van der Waals surface area (Å²) in [5.41, 5.74) is 2.66. The molecule has 2 aromatic carbocycles. The molecule has 28 heavy (non-hydrogen) atoms. The number of benzene rings is 2. The van der Waals surface area contributed by atoms with Crippen LogP contribution in [-0.2, 0) is 9.59 Å². The van der Waals surface area contributed by atoms with Gasteiger partial charge in [0.2, 0.25) is 11.6 Å². The first-order valence-electron chi connectivity index (χ1n) is 9.04. The zero-order valence-corrected chi connectivity index (χ0v) is 16.0. The fraction of sp³-hybridized carbons (Fsp3) is 0.167. The van der Waals surface area contributed by atoms with Gasteiger partial charge in [-0.3, -0.25) is 9.59 Å². The minimum absolute atomic E-state index is 0.437. The second-order valence-electron chi connectivity index (χ2n) is 6.42. The topological polar surface area (TPSA) is 52.6 Å². The molecule has 0 fully saturated rings. The summed E-state index contributed by atoms with van der Waals surface area (Å²) in [7, 11) is 3.21. The van der Waals surface area contributed by atoms with Crippen LogP contribution in [0.3, 0.4) is 0 Å². The SMILES string of the molecule is COc1ccc(C=C2CC=CCC(=Cc3ccc(OC)cc3)C(=O)C2=O)cc1. The molecule has 0 saturated carbocycles. The molecule has 2 aromatic rings. The molecule has 142 valence electrons. The maximum Gasteiger partial charge on any atom is 0.229 e. The van der Waals surface area contributed by atoms with Crippen molar-refractivity contribution in [1.82, 2.24) is 0 Å². The second-order valence-corrected chi connectivity index (χ2v) is 6.42. The van der Waals surface area contributed by atoms with Crippen LogP contribution in [0.25, 0.3) is 12.2 Å². The number of hydrogen-bond donors (Lipinski definition) is 0. The molecule has 0 aliphatic heterocycles. The molecular formula is C24H22O4. The summed E-state index contributed by atoms with van der Waals surface area (Å²) in [5, 5.41) is 0. The first-order valence-corrected chi connectivity index (χ1v) is 9.04. The highest BCUT2D eigenvalue weighted by atomic mass is 16.5. The molecule has 3 rings (SSSR count). The second kappa shape index (κ2) is 9.00. The molecule has 0 N–H and O–H groups in total. The first kappa shape index (κ1) is 19.4. The quantitative estimate of drug-likeness (QED) is 0.444. The molecule has 0 heterocycles. The van der Waals surface area contributed by atoms with Gasteiger partial charge in [0.05, 0.1) is 14.2 Å². The van der Waals surface area contributed by atoms with E-state index >= 15 is 0 Å². The average Bonchev–Trinajstić information content (AvgIpc) is 2.74. The summed E-state index contributed by atoms with van der Waals surface area (Å²) in [6, 6.07) is 14.7. The van der Waals surface area contributed by atoms with E-state index in [1.807, 2.05) is 60.7 Å². The predicted octanol–water partition coefficient (Wildman–Crippen LogP) is 4.66. The van der Waals surface area contributed by atoms with Crippen molar-refractivity contribution in [2.24, 2.45) is 0 Å². The molecular weight excluding hydrogens is 352 g/mol. The third kappa shape index (κ3) is 4.65. The van der Waals surface area contributed by atoms with Crippen molar-refractivity contribution in [2.75, 3.05) is 14.2 Å². The lowest BCUT2D eigenvalue weighted by Gasteiger charge is -2.10. The molecule has 0 radical (unpaired) electrons. The predicted molar refractivity (Wildman–Crippen MR) is 110 cm³/mol. The van der Waals surface area contributed by atoms with Gasteiger partial charge >= 0.3 is 0 Å². The zero-order valence-electron chi connectivity index (χ0n) is 16.0. The van der Waals surface area contributed by atoms with Gasteiger partial charge in [-0.1, -0.05) is 36.4 Å². The smallest absolute Gasteiger partial charge is 0.229 e. The van der Waals surface area contributed by atoms with Crippen molar-refractivity contribution < 1.29 is 19.1 Å². The summed E-state index contributed by atoms with van der Waals surface area (Å²) >= 11 is 0. The number of ether oxygens (including phenoxy) is 2. The third-order valence-electron chi connectivity index (χ3n) is 4.55. The van der Waals surface area contributed by atoms with Gasteiger partial charge in [0.1, 0.15) is 11.5 Å². The van der Waals surface area contributed by atoms with Gasteiger partial charge in [-0.25, -0.2) is 0 Å². The molecule has 0 saturated heterocycles. The molecule has 0 unspecified atom stereocenters. The van der Waals surface area contributed by atoms with E-state index in [1.54, 1.807) is 26.4 Å². The highest BCUT2D eigenvalue weighted by Crippen LogP contribution is 2.22. The molecule has 4 heteroatoms. The number of rotatable bonds is 4. The van der Waals surface area contributed by atoms with Crippen molar-refractivity contribution in [3.8, 4) is 11.5 Å². The van der Waals surface area contributed by atoms with Crippen LogP contribution in [0.2, 0.25) is 0 Å². The summed E-state index contributed by atoms with van der Waals surface area (Å²) in [4.78, 5) is 25.6. The van der Waals surface area contributed by atoms with Crippen LogP contribution in [0, 0.1) is 0 Å². The van der Waals surface area contributed by atoms with Crippen LogP contribution in [0.4, 0.5) is 0 Å². The van der Waals surface area contributed by atoms with E-state index in [4.69, 9.17) is 9.47 Å². The number of methoxy groups -OCH3 is 2. The summed E-state index contributed by atoms with van der Waals surface area (Å²) in [6.07, 6.45) is 8.27. The monoisotopic (exact) mass is 374 g/mol. The van der Waals surface area contributed by atoms with Gasteiger partial charge in [0, 0.05) is 11.1 Å². The van der Waals surface area contributed by atoms with E-state index < -0.39 is 11.6 Å². The van der Waals surface area contributed by atoms with Crippen molar-refractivity contribution in [1.29, 1.82) is 0 Å². The maximum absolute atomic E-state index is 12.8. The van der Waals surface area contributed by atoms with Gasteiger partial charge in [-0.05, 0) is 60.4 Å². The minimum Gasteiger partial charge on any atom is -0.497 e. The lowest BCUT2D eigenvalue weighted by atomic mass is 9.92. The Hall–Kier alpha value is -3.40. The summed E-state index contributed by atoms with van der Waals surface area (Å²) in [6.45, 7) is 0. The Morgan fingerprint density at radius 3 is 1.32 bits per heavy atom. The van der Waals surface area contributed by atoms with Crippen LogP contribution < -0.4 is 9.47 Å². The minimum atomic E-state index is -0.458. The number of carbonyl (C=O) groups is 2. The first-order chi connectivity index (χ1) is 13.6. The fourth-order valence-electron chi connectivity index (χ4n) is 2.95. The Morgan fingerprint density at radius 1 is 0.643 bits per heavy atom. The highest BCUT2D eigenvalue weighted by Gasteiger charge is 2.23.